The minimum atomic E-state index is 0.289. The number of carbonyl (C=O) groups is 1. The van der Waals surface area contributed by atoms with Gasteiger partial charge in [-0.25, -0.2) is 0 Å². The summed E-state index contributed by atoms with van der Waals surface area (Å²) < 4.78 is 0. The Bertz CT molecular complexity index is 344. The summed E-state index contributed by atoms with van der Waals surface area (Å²) in [5, 5.41) is 0. The van der Waals surface area contributed by atoms with Crippen LogP contribution in [0.2, 0.25) is 0 Å². The number of likely N-dealkylation sites (tertiary alicyclic amines) is 1. The molecule has 2 aliphatic rings. The first-order valence-corrected chi connectivity index (χ1v) is 8.35. The number of hydrogen-bond acceptors (Lipinski definition) is 1. The van der Waals surface area contributed by atoms with Crippen LogP contribution in [0, 0.1) is 22.2 Å². The predicted octanol–water partition coefficient (Wildman–Crippen LogP) is 4.49. The molecule has 0 radical (unpaired) electrons. The van der Waals surface area contributed by atoms with Crippen LogP contribution in [0.15, 0.2) is 0 Å². The minimum Gasteiger partial charge on any atom is -0.343 e. The van der Waals surface area contributed by atoms with Crippen LogP contribution in [-0.4, -0.2) is 23.9 Å². The molecule has 0 aromatic heterocycles. The molecule has 0 spiro atoms. The Morgan fingerprint density at radius 1 is 1.00 bits per heavy atom. The molecule has 0 N–H and O–H groups in total. The van der Waals surface area contributed by atoms with Crippen LogP contribution >= 0.6 is 0 Å². The molecule has 0 bridgehead atoms. The monoisotopic (exact) mass is 279 g/mol. The van der Waals surface area contributed by atoms with Crippen molar-refractivity contribution in [3.05, 3.63) is 0 Å². The van der Waals surface area contributed by atoms with Crippen LogP contribution in [0.25, 0.3) is 0 Å². The first kappa shape index (κ1) is 15.9. The fraction of sp³-hybridized carbons (Fsp3) is 0.944. The molecule has 0 unspecified atom stereocenters. The summed E-state index contributed by atoms with van der Waals surface area (Å²) in [6, 6.07) is 0. The van der Waals surface area contributed by atoms with Crippen molar-refractivity contribution in [2.75, 3.05) is 13.1 Å². The number of hydrogen-bond donors (Lipinski definition) is 0. The molecule has 2 fully saturated rings. The number of nitrogens with zero attached hydrogens (tertiary/aromatic N) is 1. The van der Waals surface area contributed by atoms with E-state index in [1.807, 2.05) is 0 Å². The van der Waals surface area contributed by atoms with Crippen molar-refractivity contribution in [2.45, 2.75) is 73.6 Å². The predicted molar refractivity (Wildman–Crippen MR) is 84.5 cm³/mol. The van der Waals surface area contributed by atoms with Gasteiger partial charge >= 0.3 is 0 Å². The second-order valence-electron chi connectivity index (χ2n) is 9.11. The fourth-order valence-corrected chi connectivity index (χ4v) is 4.46. The lowest BCUT2D eigenvalue weighted by molar-refractivity contribution is -0.140. The van der Waals surface area contributed by atoms with E-state index in [2.05, 4.69) is 46.4 Å². The summed E-state index contributed by atoms with van der Waals surface area (Å²) >= 11 is 0. The molecule has 0 aromatic rings. The first-order valence-electron chi connectivity index (χ1n) is 8.35. The van der Waals surface area contributed by atoms with Gasteiger partial charge in [-0.2, -0.15) is 0 Å². The average molecular weight is 279 g/mol. The smallest absolute Gasteiger partial charge is 0.222 e. The zero-order valence-electron chi connectivity index (χ0n) is 14.4. The summed E-state index contributed by atoms with van der Waals surface area (Å²) in [5.41, 5.74) is 0.907. The molecule has 20 heavy (non-hydrogen) atoms. The van der Waals surface area contributed by atoms with Gasteiger partial charge in [0, 0.05) is 19.5 Å². The van der Waals surface area contributed by atoms with Crippen LogP contribution in [0.5, 0.6) is 0 Å². The lowest BCUT2D eigenvalue weighted by Crippen LogP contribution is -2.54. The van der Waals surface area contributed by atoms with Gasteiger partial charge < -0.3 is 4.90 Å². The van der Waals surface area contributed by atoms with Gasteiger partial charge in [0.15, 0.2) is 0 Å². The van der Waals surface area contributed by atoms with Crippen LogP contribution < -0.4 is 0 Å². The maximum absolute atomic E-state index is 12.3. The molecule has 0 atom stereocenters. The Morgan fingerprint density at radius 3 is 1.80 bits per heavy atom. The first-order chi connectivity index (χ1) is 9.07. The van der Waals surface area contributed by atoms with E-state index < -0.39 is 0 Å². The number of carbonyl (C=O) groups excluding carboxylic acids is 1. The molecule has 0 aromatic carbocycles. The number of amides is 1. The van der Waals surface area contributed by atoms with Gasteiger partial charge in [-0.15, -0.1) is 0 Å². The largest absolute Gasteiger partial charge is 0.343 e. The summed E-state index contributed by atoms with van der Waals surface area (Å²) in [4.78, 5) is 14.4. The van der Waals surface area contributed by atoms with Gasteiger partial charge in [-0.3, -0.25) is 4.79 Å². The molecule has 1 saturated carbocycles. The van der Waals surface area contributed by atoms with Gasteiger partial charge in [-0.05, 0) is 47.8 Å². The zero-order valence-corrected chi connectivity index (χ0v) is 14.4. The molecule has 2 nitrogen and oxygen atoms in total. The van der Waals surface area contributed by atoms with Crippen molar-refractivity contribution in [1.29, 1.82) is 0 Å². The molecule has 1 amide bonds. The minimum absolute atomic E-state index is 0.289. The second-order valence-corrected chi connectivity index (χ2v) is 9.11. The summed E-state index contributed by atoms with van der Waals surface area (Å²) in [6.07, 6.45) is 5.64. The Morgan fingerprint density at radius 2 is 1.45 bits per heavy atom. The summed E-state index contributed by atoms with van der Waals surface area (Å²) in [5.74, 6) is 1.11. The highest BCUT2D eigenvalue weighted by molar-refractivity contribution is 5.76. The Hall–Kier alpha value is -0.530. The van der Waals surface area contributed by atoms with Crippen molar-refractivity contribution in [1.82, 2.24) is 4.90 Å². The number of rotatable bonds is 2. The van der Waals surface area contributed by atoms with E-state index in [1.54, 1.807) is 0 Å². The second kappa shape index (κ2) is 5.03. The van der Waals surface area contributed by atoms with Crippen molar-refractivity contribution in [3.8, 4) is 0 Å². The normalized spacial score (nSPS) is 23.8. The van der Waals surface area contributed by atoms with E-state index in [-0.39, 0.29) is 10.8 Å². The zero-order chi connectivity index (χ0) is 15.2. The molecule has 1 aliphatic carbocycles. The van der Waals surface area contributed by atoms with E-state index in [0.29, 0.717) is 17.2 Å². The number of piperidine rings is 1. The van der Waals surface area contributed by atoms with Gasteiger partial charge in [0.1, 0.15) is 0 Å². The summed E-state index contributed by atoms with van der Waals surface area (Å²) in [6.45, 7) is 16.2. The third-order valence-electron chi connectivity index (χ3n) is 6.00. The lowest BCUT2D eigenvalue weighted by atomic mass is 9.50. The van der Waals surface area contributed by atoms with Gasteiger partial charge in [0.2, 0.25) is 5.91 Å². The van der Waals surface area contributed by atoms with Crippen LogP contribution in [0.3, 0.4) is 0 Å². The van der Waals surface area contributed by atoms with E-state index in [0.717, 1.165) is 32.4 Å². The molecule has 1 saturated heterocycles. The molecule has 1 heterocycles. The third kappa shape index (κ3) is 2.89. The molecule has 2 heteroatoms. The van der Waals surface area contributed by atoms with Crippen LogP contribution in [-0.2, 0) is 4.79 Å². The van der Waals surface area contributed by atoms with Gasteiger partial charge in [0.05, 0.1) is 0 Å². The highest BCUT2D eigenvalue weighted by Gasteiger charge is 2.51. The maximum atomic E-state index is 12.3. The Balaban J connectivity index is 2.04. The van der Waals surface area contributed by atoms with E-state index in [9.17, 15) is 4.79 Å². The average Bonchev–Trinajstić information content (AvgIpc) is 3.10. The molecular weight excluding hydrogens is 246 g/mol. The standard InChI is InChI=1S/C18H33NO/c1-16(2,3)18(17(4,5)6)9-11-19(12-10-18)15(20)13-14-7-8-14/h14H,7-13H2,1-6H3. The lowest BCUT2D eigenvalue weighted by Gasteiger charge is -2.57. The highest BCUT2D eigenvalue weighted by atomic mass is 16.2. The van der Waals surface area contributed by atoms with Crippen molar-refractivity contribution in [2.24, 2.45) is 22.2 Å². The topological polar surface area (TPSA) is 20.3 Å². The highest BCUT2D eigenvalue weighted by Crippen LogP contribution is 2.57. The van der Waals surface area contributed by atoms with Crippen molar-refractivity contribution in [3.63, 3.8) is 0 Å². The summed E-state index contributed by atoms with van der Waals surface area (Å²) in [7, 11) is 0. The van der Waals surface area contributed by atoms with Crippen molar-refractivity contribution < 1.29 is 4.79 Å². The van der Waals surface area contributed by atoms with E-state index in [4.69, 9.17) is 0 Å². The molecule has 116 valence electrons. The molecule has 1 aliphatic heterocycles. The van der Waals surface area contributed by atoms with Gasteiger partial charge in [0.25, 0.3) is 0 Å². The van der Waals surface area contributed by atoms with Gasteiger partial charge in [-0.1, -0.05) is 41.5 Å². The Labute approximate surface area is 125 Å². The van der Waals surface area contributed by atoms with E-state index >= 15 is 0 Å². The van der Waals surface area contributed by atoms with Crippen molar-refractivity contribution >= 4 is 5.91 Å². The fourth-order valence-electron chi connectivity index (χ4n) is 4.46. The molecular formula is C18H33NO. The molecule has 2 rings (SSSR count). The van der Waals surface area contributed by atoms with Crippen LogP contribution in [0.4, 0.5) is 0 Å². The maximum Gasteiger partial charge on any atom is 0.222 e. The quantitative estimate of drug-likeness (QED) is 0.729. The van der Waals surface area contributed by atoms with Crippen LogP contribution in [0.1, 0.15) is 73.6 Å². The Kier molecular flexibility index (Phi) is 3.99. The SMILES string of the molecule is CC(C)(C)C1(C(C)(C)C)CCN(C(=O)CC2CC2)CC1. The van der Waals surface area contributed by atoms with E-state index in [1.165, 1.54) is 12.8 Å². The third-order valence-corrected chi connectivity index (χ3v) is 6.00.